The van der Waals surface area contributed by atoms with Gasteiger partial charge in [-0.1, -0.05) is 6.08 Å². The van der Waals surface area contributed by atoms with Gasteiger partial charge in [0, 0.05) is 37.3 Å². The fourth-order valence-electron chi connectivity index (χ4n) is 4.13. The molecule has 0 unspecified atom stereocenters. The van der Waals surface area contributed by atoms with Crippen LogP contribution < -0.4 is 24.3 Å². The minimum absolute atomic E-state index is 0.0220. The van der Waals surface area contributed by atoms with Gasteiger partial charge < -0.3 is 29.2 Å². The number of carbonyl (C=O) groups excluding carboxylic acids is 2. The Kier molecular flexibility index (Phi) is 6.72. The van der Waals surface area contributed by atoms with Crippen molar-refractivity contribution >= 4 is 23.1 Å². The Morgan fingerprint density at radius 3 is 2.36 bits per heavy atom. The van der Waals surface area contributed by atoms with Crippen LogP contribution in [0.5, 0.6) is 23.0 Å². The van der Waals surface area contributed by atoms with Crippen molar-refractivity contribution in [3.05, 3.63) is 47.5 Å². The maximum atomic E-state index is 12.7. The molecule has 8 heteroatoms. The summed E-state index contributed by atoms with van der Waals surface area (Å²) in [5, 5.41) is 2.84. The number of rotatable bonds is 7. The van der Waals surface area contributed by atoms with Gasteiger partial charge in [-0.25, -0.2) is 0 Å². The number of nitrogens with one attached hydrogen (secondary N) is 1. The maximum Gasteiger partial charge on any atom is 0.260 e. The largest absolute Gasteiger partial charge is 0.496 e. The van der Waals surface area contributed by atoms with Crippen LogP contribution in [0.3, 0.4) is 0 Å². The molecule has 0 aromatic heterocycles. The summed E-state index contributed by atoms with van der Waals surface area (Å²) in [5.74, 6) is 2.56. The summed E-state index contributed by atoms with van der Waals surface area (Å²) in [6, 6.07) is 9.13. The zero-order chi connectivity index (χ0) is 23.4. The van der Waals surface area contributed by atoms with E-state index in [9.17, 15) is 9.59 Å². The number of benzene rings is 2. The predicted octanol–water partition coefficient (Wildman–Crippen LogP) is 3.29. The highest BCUT2D eigenvalue weighted by Crippen LogP contribution is 2.40. The molecule has 0 spiro atoms. The van der Waals surface area contributed by atoms with Crippen LogP contribution in [-0.4, -0.2) is 57.7 Å². The third kappa shape index (κ3) is 4.89. The Bertz CT molecular complexity index is 1070. The molecule has 2 aliphatic heterocycles. The molecule has 1 N–H and O–H groups in total. The third-order valence-corrected chi connectivity index (χ3v) is 5.93. The van der Waals surface area contributed by atoms with E-state index in [0.717, 1.165) is 22.4 Å². The molecule has 0 saturated carbocycles. The second kappa shape index (κ2) is 9.85. The first-order chi connectivity index (χ1) is 16.0. The van der Waals surface area contributed by atoms with Crippen molar-refractivity contribution in [2.45, 2.75) is 19.3 Å². The molecule has 4 rings (SSSR count). The van der Waals surface area contributed by atoms with Gasteiger partial charge in [0.25, 0.3) is 5.91 Å². The van der Waals surface area contributed by atoms with E-state index in [0.29, 0.717) is 55.4 Å². The Morgan fingerprint density at radius 1 is 0.970 bits per heavy atom. The number of fused-ring (bicyclic) bond motifs is 1. The van der Waals surface area contributed by atoms with Gasteiger partial charge in [0.05, 0.1) is 26.9 Å². The number of amides is 2. The summed E-state index contributed by atoms with van der Waals surface area (Å²) in [4.78, 5) is 26.0. The van der Waals surface area contributed by atoms with E-state index in [1.807, 2.05) is 30.3 Å². The number of aryl methyl sites for hydroxylation is 1. The summed E-state index contributed by atoms with van der Waals surface area (Å²) in [7, 11) is 4.83. The second-order valence-corrected chi connectivity index (χ2v) is 7.88. The van der Waals surface area contributed by atoms with Gasteiger partial charge in [0.15, 0.2) is 6.61 Å². The maximum absolute atomic E-state index is 12.7. The molecule has 2 heterocycles. The van der Waals surface area contributed by atoms with E-state index in [1.165, 1.54) is 0 Å². The molecular formula is C25H28N2O6. The predicted molar refractivity (Wildman–Crippen MR) is 124 cm³/mol. The van der Waals surface area contributed by atoms with Crippen molar-refractivity contribution in [3.63, 3.8) is 0 Å². The summed E-state index contributed by atoms with van der Waals surface area (Å²) in [6.07, 6.45) is 3.82. The molecule has 2 aliphatic rings. The number of carbonyl (C=O) groups is 2. The monoisotopic (exact) mass is 452 g/mol. The lowest BCUT2D eigenvalue weighted by molar-refractivity contribution is -0.132. The fourth-order valence-corrected chi connectivity index (χ4v) is 4.13. The van der Waals surface area contributed by atoms with Crippen LogP contribution in [0.2, 0.25) is 0 Å². The van der Waals surface area contributed by atoms with E-state index in [2.05, 4.69) is 5.32 Å². The molecule has 174 valence electrons. The van der Waals surface area contributed by atoms with E-state index in [4.69, 9.17) is 18.9 Å². The molecule has 0 bridgehead atoms. The SMILES string of the molecule is COc1cc(OC)c(C2=CCN(C(=O)COc3ccc4c(c3)CCC(=O)N4)CC2)c(OC)c1. The normalized spacial score (nSPS) is 15.2. The molecule has 2 amide bonds. The van der Waals surface area contributed by atoms with Gasteiger partial charge in [0.1, 0.15) is 23.0 Å². The van der Waals surface area contributed by atoms with Crippen molar-refractivity contribution in [1.29, 1.82) is 0 Å². The Hall–Kier alpha value is -3.68. The van der Waals surface area contributed by atoms with Crippen LogP contribution in [0.4, 0.5) is 5.69 Å². The smallest absolute Gasteiger partial charge is 0.260 e. The minimum atomic E-state index is -0.0787. The van der Waals surface area contributed by atoms with E-state index in [1.54, 1.807) is 32.3 Å². The molecule has 2 aromatic rings. The molecule has 0 atom stereocenters. The lowest BCUT2D eigenvalue weighted by atomic mass is 9.97. The second-order valence-electron chi connectivity index (χ2n) is 7.88. The molecule has 8 nitrogen and oxygen atoms in total. The van der Waals surface area contributed by atoms with E-state index < -0.39 is 0 Å². The van der Waals surface area contributed by atoms with Gasteiger partial charge in [-0.05, 0) is 42.2 Å². The van der Waals surface area contributed by atoms with Gasteiger partial charge >= 0.3 is 0 Å². The van der Waals surface area contributed by atoms with Crippen LogP contribution in [0.15, 0.2) is 36.4 Å². The van der Waals surface area contributed by atoms with Crippen molar-refractivity contribution in [2.24, 2.45) is 0 Å². The van der Waals surface area contributed by atoms with Crippen molar-refractivity contribution in [2.75, 3.05) is 46.3 Å². The first kappa shape index (κ1) is 22.5. The lowest BCUT2D eigenvalue weighted by Gasteiger charge is -2.28. The zero-order valence-electron chi connectivity index (χ0n) is 19.1. The standard InChI is InChI=1S/C25H28N2O6/c1-30-19-13-21(31-2)25(22(14-19)32-3)16-8-10-27(11-9-16)24(29)15-33-18-5-6-20-17(12-18)4-7-23(28)26-20/h5-6,8,12-14H,4,7,9-11,15H2,1-3H3,(H,26,28). The highest BCUT2D eigenvalue weighted by atomic mass is 16.5. The van der Waals surface area contributed by atoms with Crippen LogP contribution in [0.25, 0.3) is 5.57 Å². The average Bonchev–Trinajstić information content (AvgIpc) is 2.86. The molecule has 0 saturated heterocycles. The Labute approximate surface area is 193 Å². The van der Waals surface area contributed by atoms with Gasteiger partial charge in [0.2, 0.25) is 5.91 Å². The van der Waals surface area contributed by atoms with Crippen LogP contribution >= 0.6 is 0 Å². The van der Waals surface area contributed by atoms with Crippen molar-refractivity contribution in [1.82, 2.24) is 4.90 Å². The molecular weight excluding hydrogens is 424 g/mol. The lowest BCUT2D eigenvalue weighted by Crippen LogP contribution is -2.37. The fraction of sp³-hybridized carbons (Fsp3) is 0.360. The number of nitrogens with zero attached hydrogens (tertiary/aromatic N) is 1. The number of methoxy groups -OCH3 is 3. The average molecular weight is 453 g/mol. The Balaban J connectivity index is 1.40. The number of ether oxygens (including phenoxy) is 4. The molecule has 0 radical (unpaired) electrons. The zero-order valence-corrected chi connectivity index (χ0v) is 19.1. The number of hydrogen-bond acceptors (Lipinski definition) is 6. The van der Waals surface area contributed by atoms with E-state index in [-0.39, 0.29) is 18.4 Å². The number of anilines is 1. The minimum Gasteiger partial charge on any atom is -0.496 e. The van der Waals surface area contributed by atoms with Crippen LogP contribution in [-0.2, 0) is 16.0 Å². The third-order valence-electron chi connectivity index (χ3n) is 5.93. The first-order valence-electron chi connectivity index (χ1n) is 10.8. The summed E-state index contributed by atoms with van der Waals surface area (Å²) in [6.45, 7) is 1.01. The van der Waals surface area contributed by atoms with Crippen molar-refractivity contribution in [3.8, 4) is 23.0 Å². The van der Waals surface area contributed by atoms with Gasteiger partial charge in [-0.3, -0.25) is 9.59 Å². The first-order valence-corrected chi connectivity index (χ1v) is 10.8. The highest BCUT2D eigenvalue weighted by molar-refractivity contribution is 5.94. The summed E-state index contributed by atoms with van der Waals surface area (Å²) < 4.78 is 22.2. The van der Waals surface area contributed by atoms with Gasteiger partial charge in [-0.2, -0.15) is 0 Å². The van der Waals surface area contributed by atoms with Crippen LogP contribution in [0, 0.1) is 0 Å². The molecule has 2 aromatic carbocycles. The summed E-state index contributed by atoms with van der Waals surface area (Å²) in [5.41, 5.74) is 3.77. The van der Waals surface area contributed by atoms with Gasteiger partial charge in [-0.15, -0.1) is 0 Å². The Morgan fingerprint density at radius 2 is 1.73 bits per heavy atom. The molecule has 0 fully saturated rings. The van der Waals surface area contributed by atoms with E-state index >= 15 is 0 Å². The van der Waals surface area contributed by atoms with Crippen LogP contribution in [0.1, 0.15) is 24.0 Å². The summed E-state index contributed by atoms with van der Waals surface area (Å²) >= 11 is 0. The number of hydrogen-bond donors (Lipinski definition) is 1. The molecule has 33 heavy (non-hydrogen) atoms. The topological polar surface area (TPSA) is 86.3 Å². The molecule has 0 aliphatic carbocycles. The van der Waals surface area contributed by atoms with Crippen molar-refractivity contribution < 1.29 is 28.5 Å². The quantitative estimate of drug-likeness (QED) is 0.694. The highest BCUT2D eigenvalue weighted by Gasteiger charge is 2.23.